The lowest BCUT2D eigenvalue weighted by atomic mass is 10.2. The van der Waals surface area contributed by atoms with Crippen molar-refractivity contribution in [1.82, 2.24) is 14.9 Å². The lowest BCUT2D eigenvalue weighted by molar-refractivity contribution is 0.293. The molecule has 0 rings (SSSR count). The Balaban J connectivity index is 3.85. The molecule has 0 amide bonds. The molecule has 0 aliphatic carbocycles. The molecule has 0 aliphatic rings. The van der Waals surface area contributed by atoms with Gasteiger partial charge in [0, 0.05) is 12.6 Å². The summed E-state index contributed by atoms with van der Waals surface area (Å²) in [4.78, 5) is 2.36. The first kappa shape index (κ1) is 19.8. The maximum absolute atomic E-state index is 11.9. The van der Waals surface area contributed by atoms with E-state index >= 15 is 0 Å². The topological polar surface area (TPSA) is 61.4 Å². The molecule has 2 N–H and O–H groups in total. The summed E-state index contributed by atoms with van der Waals surface area (Å²) in [5.41, 5.74) is 0. The summed E-state index contributed by atoms with van der Waals surface area (Å²) in [7, 11) is -3.15. The van der Waals surface area contributed by atoms with Crippen molar-refractivity contribution in [1.29, 1.82) is 0 Å². The number of nitrogens with one attached hydrogen (secondary N) is 2. The van der Waals surface area contributed by atoms with Gasteiger partial charge in [0.2, 0.25) is 10.0 Å². The van der Waals surface area contributed by atoms with Gasteiger partial charge in [0.25, 0.3) is 0 Å². The lowest BCUT2D eigenvalue weighted by Crippen LogP contribution is -2.38. The highest BCUT2D eigenvalue weighted by atomic mass is 32.2. The Bertz CT molecular complexity index is 316. The van der Waals surface area contributed by atoms with Crippen molar-refractivity contribution in [2.75, 3.05) is 38.5 Å². The van der Waals surface area contributed by atoms with E-state index in [0.29, 0.717) is 6.54 Å². The largest absolute Gasteiger partial charge is 0.316 e. The van der Waals surface area contributed by atoms with Gasteiger partial charge in [-0.3, -0.25) is 0 Å². The second-order valence-corrected chi connectivity index (χ2v) is 7.13. The molecule has 0 fully saturated rings. The third kappa shape index (κ3) is 10.6. The third-order valence-corrected chi connectivity index (χ3v) is 4.86. The second kappa shape index (κ2) is 11.5. The van der Waals surface area contributed by atoms with Crippen molar-refractivity contribution < 1.29 is 8.42 Å². The van der Waals surface area contributed by atoms with Gasteiger partial charge in [0.15, 0.2) is 0 Å². The van der Waals surface area contributed by atoms with Crippen LogP contribution in [0.3, 0.4) is 0 Å². The van der Waals surface area contributed by atoms with Gasteiger partial charge in [-0.1, -0.05) is 20.8 Å². The zero-order valence-electron chi connectivity index (χ0n) is 13.6. The van der Waals surface area contributed by atoms with Crippen LogP contribution in [0.2, 0.25) is 0 Å². The Morgan fingerprint density at radius 2 is 1.75 bits per heavy atom. The molecule has 1 unspecified atom stereocenters. The van der Waals surface area contributed by atoms with Crippen molar-refractivity contribution in [2.24, 2.45) is 0 Å². The summed E-state index contributed by atoms with van der Waals surface area (Å²) in [6, 6.07) is 0.0155. The van der Waals surface area contributed by atoms with Crippen LogP contribution in [0.4, 0.5) is 0 Å². The van der Waals surface area contributed by atoms with Crippen LogP contribution < -0.4 is 10.0 Å². The molecule has 20 heavy (non-hydrogen) atoms. The lowest BCUT2D eigenvalue weighted by Gasteiger charge is -2.19. The molecule has 0 saturated heterocycles. The quantitative estimate of drug-likeness (QED) is 0.505. The molecule has 0 aromatic heterocycles. The van der Waals surface area contributed by atoms with E-state index in [1.165, 1.54) is 0 Å². The molecule has 122 valence electrons. The van der Waals surface area contributed by atoms with Gasteiger partial charge in [0.05, 0.1) is 5.75 Å². The second-order valence-electron chi connectivity index (χ2n) is 5.26. The number of sulfonamides is 1. The summed E-state index contributed by atoms with van der Waals surface area (Å²) in [6.45, 7) is 12.9. The van der Waals surface area contributed by atoms with Gasteiger partial charge in [-0.25, -0.2) is 13.1 Å². The highest BCUT2D eigenvalue weighted by Crippen LogP contribution is 2.01. The molecule has 0 radical (unpaired) electrons. The van der Waals surface area contributed by atoms with Crippen LogP contribution in [-0.4, -0.2) is 57.8 Å². The third-order valence-electron chi connectivity index (χ3n) is 3.36. The van der Waals surface area contributed by atoms with Crippen LogP contribution in [0.25, 0.3) is 0 Å². The molecule has 0 aromatic carbocycles. The minimum atomic E-state index is -3.15. The SMILES string of the molecule is CCCNCCS(=O)(=O)NC(C)CCCN(CC)CC. The molecule has 6 heteroatoms. The van der Waals surface area contributed by atoms with Gasteiger partial charge in [-0.2, -0.15) is 0 Å². The van der Waals surface area contributed by atoms with Gasteiger partial charge in [-0.15, -0.1) is 0 Å². The van der Waals surface area contributed by atoms with Crippen LogP contribution >= 0.6 is 0 Å². The molecule has 0 bridgehead atoms. The zero-order valence-corrected chi connectivity index (χ0v) is 14.4. The van der Waals surface area contributed by atoms with Gasteiger partial charge in [-0.05, 0) is 52.4 Å². The van der Waals surface area contributed by atoms with Crippen LogP contribution in [-0.2, 0) is 10.0 Å². The van der Waals surface area contributed by atoms with Crippen molar-refractivity contribution in [2.45, 2.75) is 53.0 Å². The van der Waals surface area contributed by atoms with Crippen LogP contribution in [0.15, 0.2) is 0 Å². The minimum absolute atomic E-state index is 0.0155. The summed E-state index contributed by atoms with van der Waals surface area (Å²) in [5.74, 6) is 0.160. The molecule has 0 aliphatic heterocycles. The van der Waals surface area contributed by atoms with Crippen LogP contribution in [0, 0.1) is 0 Å². The highest BCUT2D eigenvalue weighted by Gasteiger charge is 2.14. The molecule has 0 heterocycles. The van der Waals surface area contributed by atoms with Crippen molar-refractivity contribution >= 4 is 10.0 Å². The first-order valence-corrected chi connectivity index (χ1v) is 9.53. The van der Waals surface area contributed by atoms with E-state index in [9.17, 15) is 8.42 Å². The molecule has 1 atom stereocenters. The predicted molar refractivity (Wildman–Crippen MR) is 86.6 cm³/mol. The van der Waals surface area contributed by atoms with Gasteiger partial charge in [0.1, 0.15) is 0 Å². The first-order chi connectivity index (χ1) is 9.45. The monoisotopic (exact) mass is 307 g/mol. The summed E-state index contributed by atoms with van der Waals surface area (Å²) < 4.78 is 26.5. The fourth-order valence-corrected chi connectivity index (χ4v) is 3.36. The van der Waals surface area contributed by atoms with E-state index in [1.807, 2.05) is 6.92 Å². The predicted octanol–water partition coefficient (Wildman–Crippen LogP) is 1.42. The Morgan fingerprint density at radius 1 is 1.10 bits per heavy atom. The first-order valence-electron chi connectivity index (χ1n) is 7.88. The zero-order chi connectivity index (χ0) is 15.4. The Morgan fingerprint density at radius 3 is 2.30 bits per heavy atom. The maximum Gasteiger partial charge on any atom is 0.213 e. The molecule has 5 nitrogen and oxygen atoms in total. The Hall–Kier alpha value is -0.170. The summed E-state index contributed by atoms with van der Waals surface area (Å²) in [6.07, 6.45) is 2.94. The van der Waals surface area contributed by atoms with Crippen molar-refractivity contribution in [3.8, 4) is 0 Å². The van der Waals surface area contributed by atoms with Gasteiger partial charge >= 0.3 is 0 Å². The highest BCUT2D eigenvalue weighted by molar-refractivity contribution is 7.89. The summed E-state index contributed by atoms with van der Waals surface area (Å²) in [5, 5.41) is 3.11. The standard InChI is InChI=1S/C14H33N3O2S/c1-5-10-15-11-13-20(18,19)16-14(4)9-8-12-17(6-2)7-3/h14-16H,5-13H2,1-4H3. The minimum Gasteiger partial charge on any atom is -0.316 e. The van der Waals surface area contributed by atoms with Crippen LogP contribution in [0.1, 0.15) is 47.0 Å². The van der Waals surface area contributed by atoms with E-state index in [2.05, 4.69) is 35.7 Å². The average Bonchev–Trinajstić information content (AvgIpc) is 2.39. The number of nitrogens with zero attached hydrogens (tertiary/aromatic N) is 1. The van der Waals surface area contributed by atoms with E-state index in [0.717, 1.165) is 45.4 Å². The number of rotatable bonds is 13. The molecular weight excluding hydrogens is 274 g/mol. The van der Waals surface area contributed by atoms with E-state index in [4.69, 9.17) is 0 Å². The van der Waals surface area contributed by atoms with Gasteiger partial charge < -0.3 is 10.2 Å². The van der Waals surface area contributed by atoms with Crippen molar-refractivity contribution in [3.05, 3.63) is 0 Å². The molecule has 0 aromatic rings. The Labute approximate surface area is 125 Å². The van der Waals surface area contributed by atoms with E-state index in [1.54, 1.807) is 0 Å². The smallest absolute Gasteiger partial charge is 0.213 e. The van der Waals surface area contributed by atoms with Crippen molar-refractivity contribution in [3.63, 3.8) is 0 Å². The van der Waals surface area contributed by atoms with Crippen LogP contribution in [0.5, 0.6) is 0 Å². The van der Waals surface area contributed by atoms with E-state index < -0.39 is 10.0 Å². The fraction of sp³-hybridized carbons (Fsp3) is 1.00. The van der Waals surface area contributed by atoms with E-state index in [-0.39, 0.29) is 11.8 Å². The number of hydrogen-bond donors (Lipinski definition) is 2. The molecule has 0 spiro atoms. The molecular formula is C14H33N3O2S. The molecule has 0 saturated carbocycles. The Kier molecular flexibility index (Phi) is 11.4. The average molecular weight is 308 g/mol. The number of hydrogen-bond acceptors (Lipinski definition) is 4. The fourth-order valence-electron chi connectivity index (χ4n) is 2.09. The normalized spacial score (nSPS) is 13.8. The maximum atomic E-state index is 11.9. The summed E-state index contributed by atoms with van der Waals surface area (Å²) >= 11 is 0.